The van der Waals surface area contributed by atoms with E-state index < -0.39 is 12.2 Å². The first-order valence-electron chi connectivity index (χ1n) is 11.1. The number of benzene rings is 2. The van der Waals surface area contributed by atoms with Gasteiger partial charge < -0.3 is 24.5 Å². The molecule has 2 aromatic carbocycles. The number of fused-ring (bicyclic) bond motifs is 4. The van der Waals surface area contributed by atoms with Crippen molar-refractivity contribution in [3.05, 3.63) is 59.9 Å². The van der Waals surface area contributed by atoms with Gasteiger partial charge in [-0.05, 0) is 23.3 Å². The van der Waals surface area contributed by atoms with Gasteiger partial charge in [0.1, 0.15) is 0 Å². The van der Waals surface area contributed by atoms with E-state index in [4.69, 9.17) is 14.8 Å². The summed E-state index contributed by atoms with van der Waals surface area (Å²) in [5, 5.41) is 11.0. The molecule has 0 radical (unpaired) electrons. The molecular weight excluding hydrogens is 422 g/mol. The molecule has 0 bridgehead atoms. The average molecular weight is 450 g/mol. The summed E-state index contributed by atoms with van der Waals surface area (Å²) >= 11 is 0. The fourth-order valence-electron chi connectivity index (χ4n) is 4.75. The molecule has 2 atom stereocenters. The molecule has 2 unspecified atom stereocenters. The van der Waals surface area contributed by atoms with Crippen LogP contribution in [-0.2, 0) is 16.1 Å². The van der Waals surface area contributed by atoms with Crippen LogP contribution in [0.1, 0.15) is 12.5 Å². The number of imide groups is 1. The van der Waals surface area contributed by atoms with Gasteiger partial charge in [0, 0.05) is 25.5 Å². The molecular formula is C24H27N5O4. The van der Waals surface area contributed by atoms with Crippen LogP contribution in [0.15, 0.2) is 59.4 Å². The van der Waals surface area contributed by atoms with Crippen molar-refractivity contribution < 1.29 is 19.4 Å². The summed E-state index contributed by atoms with van der Waals surface area (Å²) in [4.78, 5) is 38.3. The lowest BCUT2D eigenvalue weighted by molar-refractivity contribution is -0.137. The number of ether oxygens (including phenoxy) is 1. The molecule has 3 heterocycles. The first-order chi connectivity index (χ1) is 16.0. The molecule has 0 aromatic heterocycles. The van der Waals surface area contributed by atoms with Gasteiger partial charge in [0.15, 0.2) is 12.2 Å². The highest BCUT2D eigenvalue weighted by atomic mass is 16.5. The van der Waals surface area contributed by atoms with Gasteiger partial charge in [0.05, 0.1) is 26.4 Å². The van der Waals surface area contributed by atoms with Crippen LogP contribution in [0.3, 0.4) is 0 Å². The van der Waals surface area contributed by atoms with Crippen molar-refractivity contribution in [3.63, 3.8) is 0 Å². The van der Waals surface area contributed by atoms with Crippen LogP contribution >= 0.6 is 0 Å². The minimum Gasteiger partial charge on any atom is -0.394 e. The predicted molar refractivity (Wildman–Crippen MR) is 123 cm³/mol. The van der Waals surface area contributed by atoms with E-state index in [-0.39, 0.29) is 31.7 Å². The summed E-state index contributed by atoms with van der Waals surface area (Å²) in [6.45, 7) is 3.37. The van der Waals surface area contributed by atoms with Crippen molar-refractivity contribution >= 4 is 28.7 Å². The van der Waals surface area contributed by atoms with Gasteiger partial charge in [-0.25, -0.2) is 9.79 Å². The van der Waals surface area contributed by atoms with E-state index in [1.54, 1.807) is 11.9 Å². The van der Waals surface area contributed by atoms with E-state index in [9.17, 15) is 9.59 Å². The third-order valence-corrected chi connectivity index (χ3v) is 6.41. The number of aliphatic imine (C=N–C) groups is 1. The minimum absolute atomic E-state index is 0.0278. The standard InChI is InChI=1S/C24H27N5O4/c1-16-14-28-20-21(25-23(28)27(16)10-12-33-13-11-30)26(2)24(32)29(22(20)31)15-18-8-5-7-17-6-3-4-9-19(17)18/h3-9,14,20-21,30H,10-13,15H2,1-2H3. The SMILES string of the molecule is CC1=CN2C(=NC3C2C(=O)N(Cc2cccc4ccccc24)C(=O)N3C)N1CCOCCO. The van der Waals surface area contributed by atoms with Gasteiger partial charge in [-0.1, -0.05) is 42.5 Å². The molecule has 1 saturated heterocycles. The molecule has 3 aliphatic heterocycles. The van der Waals surface area contributed by atoms with Crippen LogP contribution in [-0.4, -0.2) is 88.2 Å². The average Bonchev–Trinajstić information content (AvgIpc) is 3.33. The maximum Gasteiger partial charge on any atom is 0.328 e. The van der Waals surface area contributed by atoms with Crippen molar-refractivity contribution in [3.8, 4) is 0 Å². The van der Waals surface area contributed by atoms with E-state index in [1.165, 1.54) is 4.90 Å². The number of nitrogens with zero attached hydrogens (tertiary/aromatic N) is 5. The maximum atomic E-state index is 13.6. The zero-order valence-electron chi connectivity index (χ0n) is 18.7. The van der Waals surface area contributed by atoms with E-state index in [2.05, 4.69) is 0 Å². The lowest BCUT2D eigenvalue weighted by Gasteiger charge is -2.40. The summed E-state index contributed by atoms with van der Waals surface area (Å²) in [5.74, 6) is 0.396. The number of rotatable bonds is 7. The molecule has 172 valence electrons. The van der Waals surface area contributed by atoms with Gasteiger partial charge in [-0.15, -0.1) is 0 Å². The lowest BCUT2D eigenvalue weighted by atomic mass is 10.0. The van der Waals surface area contributed by atoms with Crippen LogP contribution in [0, 0.1) is 0 Å². The Balaban J connectivity index is 1.40. The number of urea groups is 1. The second-order valence-electron chi connectivity index (χ2n) is 8.41. The third-order valence-electron chi connectivity index (χ3n) is 6.41. The van der Waals surface area contributed by atoms with Crippen molar-refractivity contribution in [1.82, 2.24) is 19.6 Å². The molecule has 1 N–H and O–H groups in total. The quantitative estimate of drug-likeness (QED) is 0.649. The maximum absolute atomic E-state index is 13.6. The number of allylic oxidation sites excluding steroid dienone is 1. The number of likely N-dealkylation sites (N-methyl/N-ethyl adjacent to an activating group) is 1. The monoisotopic (exact) mass is 449 g/mol. The fourth-order valence-corrected chi connectivity index (χ4v) is 4.75. The Bertz CT molecular complexity index is 1160. The largest absolute Gasteiger partial charge is 0.394 e. The highest BCUT2D eigenvalue weighted by Crippen LogP contribution is 2.34. The van der Waals surface area contributed by atoms with Gasteiger partial charge in [0.2, 0.25) is 5.96 Å². The van der Waals surface area contributed by atoms with Gasteiger partial charge >= 0.3 is 6.03 Å². The molecule has 33 heavy (non-hydrogen) atoms. The number of aliphatic hydroxyl groups excluding tert-OH is 1. The molecule has 9 nitrogen and oxygen atoms in total. The topological polar surface area (TPSA) is 88.9 Å². The van der Waals surface area contributed by atoms with Crippen molar-refractivity contribution in [2.24, 2.45) is 4.99 Å². The Kier molecular flexibility index (Phi) is 5.51. The molecule has 3 aliphatic rings. The number of carbonyl (C=O) groups excluding carboxylic acids is 2. The molecule has 0 aliphatic carbocycles. The molecule has 0 saturated carbocycles. The highest BCUT2D eigenvalue weighted by molar-refractivity contribution is 6.05. The van der Waals surface area contributed by atoms with E-state index in [0.29, 0.717) is 19.1 Å². The zero-order chi connectivity index (χ0) is 23.1. The van der Waals surface area contributed by atoms with Crippen molar-refractivity contribution in [1.29, 1.82) is 0 Å². The molecule has 3 amide bonds. The normalized spacial score (nSPS) is 22.2. The summed E-state index contributed by atoms with van der Waals surface area (Å²) < 4.78 is 5.41. The summed E-state index contributed by atoms with van der Waals surface area (Å²) in [5.41, 5.74) is 1.88. The van der Waals surface area contributed by atoms with Crippen LogP contribution in [0.4, 0.5) is 4.79 Å². The van der Waals surface area contributed by atoms with Crippen LogP contribution < -0.4 is 0 Å². The Morgan fingerprint density at radius 3 is 2.67 bits per heavy atom. The van der Waals surface area contributed by atoms with Crippen molar-refractivity contribution in [2.45, 2.75) is 25.7 Å². The minimum atomic E-state index is -0.601. The Labute approximate surface area is 192 Å². The first-order valence-corrected chi connectivity index (χ1v) is 11.1. The van der Waals surface area contributed by atoms with Gasteiger partial charge in [0.25, 0.3) is 5.91 Å². The number of aliphatic hydroxyl groups is 1. The first kappa shape index (κ1) is 21.4. The van der Waals surface area contributed by atoms with Crippen LogP contribution in [0.25, 0.3) is 10.8 Å². The van der Waals surface area contributed by atoms with Crippen LogP contribution in [0.2, 0.25) is 0 Å². The molecule has 5 rings (SSSR count). The van der Waals surface area contributed by atoms with E-state index in [1.807, 2.05) is 65.4 Å². The zero-order valence-corrected chi connectivity index (χ0v) is 18.7. The van der Waals surface area contributed by atoms with Gasteiger partial charge in [-0.2, -0.15) is 0 Å². The summed E-state index contributed by atoms with van der Waals surface area (Å²) in [6.07, 6.45) is 1.33. The number of hydrogen-bond acceptors (Lipinski definition) is 7. The summed E-state index contributed by atoms with van der Waals surface area (Å²) in [6, 6.07) is 12.9. The summed E-state index contributed by atoms with van der Waals surface area (Å²) in [7, 11) is 1.69. The fraction of sp³-hybridized carbons (Fsp3) is 0.375. The smallest absolute Gasteiger partial charge is 0.328 e. The van der Waals surface area contributed by atoms with Crippen LogP contribution in [0.5, 0.6) is 0 Å². The number of amides is 3. The lowest BCUT2D eigenvalue weighted by Crippen LogP contribution is -2.63. The van der Waals surface area contributed by atoms with E-state index in [0.717, 1.165) is 22.0 Å². The number of guanidine groups is 1. The van der Waals surface area contributed by atoms with Crippen molar-refractivity contribution in [2.75, 3.05) is 33.4 Å². The Morgan fingerprint density at radius 2 is 1.85 bits per heavy atom. The highest BCUT2D eigenvalue weighted by Gasteiger charge is 2.54. The molecule has 0 spiro atoms. The predicted octanol–water partition coefficient (Wildman–Crippen LogP) is 1.79. The second kappa shape index (κ2) is 8.49. The molecule has 1 fully saturated rings. The second-order valence-corrected chi connectivity index (χ2v) is 8.41. The molecule has 2 aromatic rings. The number of carbonyl (C=O) groups is 2. The third kappa shape index (κ3) is 3.53. The Morgan fingerprint density at radius 1 is 1.06 bits per heavy atom. The van der Waals surface area contributed by atoms with Gasteiger partial charge in [-0.3, -0.25) is 9.69 Å². The van der Waals surface area contributed by atoms with E-state index >= 15 is 0 Å². The molecule has 9 heteroatoms. The Hall–Kier alpha value is -3.43. The number of hydrogen-bond donors (Lipinski definition) is 1.